The van der Waals surface area contributed by atoms with E-state index in [0.717, 1.165) is 64.2 Å². The maximum Gasteiger partial charge on any atom is 0.220 e. The first-order valence-corrected chi connectivity index (χ1v) is 16.4. The molecule has 1 aliphatic heterocycles. The van der Waals surface area contributed by atoms with Gasteiger partial charge in [-0.15, -0.1) is 0 Å². The molecule has 41 heavy (non-hydrogen) atoms. The molecule has 242 valence electrons. The monoisotopic (exact) mass is 587 g/mol. The number of rotatable bonds is 25. The Morgan fingerprint density at radius 1 is 0.805 bits per heavy atom. The Morgan fingerprint density at radius 3 is 2.07 bits per heavy atom. The van der Waals surface area contributed by atoms with Crippen molar-refractivity contribution in [3.63, 3.8) is 0 Å². The molecule has 0 aromatic carbocycles. The summed E-state index contributed by atoms with van der Waals surface area (Å²) in [6, 6.07) is -0.714. The summed E-state index contributed by atoms with van der Waals surface area (Å²) in [4.78, 5) is 12.7. The molecule has 1 heterocycles. The molecule has 7 atom stereocenters. The summed E-state index contributed by atoms with van der Waals surface area (Å²) in [7, 11) is 0. The van der Waals surface area contributed by atoms with Crippen LogP contribution in [0.1, 0.15) is 129 Å². The van der Waals surface area contributed by atoms with E-state index in [9.17, 15) is 30.3 Å². The van der Waals surface area contributed by atoms with Gasteiger partial charge in [0.15, 0.2) is 6.29 Å². The fourth-order valence-electron chi connectivity index (χ4n) is 5.10. The fraction of sp³-hybridized carbons (Fsp3) is 0.906. The molecule has 0 aromatic rings. The summed E-state index contributed by atoms with van der Waals surface area (Å²) in [6.45, 7) is 3.68. The second-order valence-corrected chi connectivity index (χ2v) is 11.6. The SMILES string of the molecule is CCC/C=C\CCCCCCCC(=O)NC(COC1OC(CO)C(O)C(O)C1O)C(O)CCCCCCCCCC. The molecule has 1 aliphatic rings. The molecule has 0 aromatic heterocycles. The van der Waals surface area contributed by atoms with Crippen LogP contribution < -0.4 is 5.32 Å². The van der Waals surface area contributed by atoms with Crippen molar-refractivity contribution in [1.29, 1.82) is 0 Å². The quantitative estimate of drug-likeness (QED) is 0.0685. The number of amides is 1. The number of unbranched alkanes of at least 4 members (excludes halogenated alkanes) is 13. The lowest BCUT2D eigenvalue weighted by molar-refractivity contribution is -0.302. The van der Waals surface area contributed by atoms with Gasteiger partial charge in [-0.1, -0.05) is 103 Å². The first-order chi connectivity index (χ1) is 19.8. The van der Waals surface area contributed by atoms with Crippen LogP contribution in [-0.4, -0.2) is 87.5 Å². The van der Waals surface area contributed by atoms with E-state index in [1.807, 2.05) is 0 Å². The second kappa shape index (κ2) is 24.4. The van der Waals surface area contributed by atoms with Crippen molar-refractivity contribution in [1.82, 2.24) is 5.32 Å². The predicted octanol–water partition coefficient (Wildman–Crippen LogP) is 4.27. The van der Waals surface area contributed by atoms with Crippen molar-refractivity contribution in [2.45, 2.75) is 172 Å². The third-order valence-corrected chi connectivity index (χ3v) is 7.85. The zero-order chi connectivity index (χ0) is 30.3. The van der Waals surface area contributed by atoms with Gasteiger partial charge < -0.3 is 40.3 Å². The molecule has 9 heteroatoms. The Morgan fingerprint density at radius 2 is 1.41 bits per heavy atom. The summed E-state index contributed by atoms with van der Waals surface area (Å²) in [6.07, 6.45) is 15.2. The van der Waals surface area contributed by atoms with E-state index in [-0.39, 0.29) is 12.5 Å². The van der Waals surface area contributed by atoms with Crippen LogP contribution in [-0.2, 0) is 14.3 Å². The van der Waals surface area contributed by atoms with Crippen molar-refractivity contribution in [2.75, 3.05) is 13.2 Å². The summed E-state index contributed by atoms with van der Waals surface area (Å²) >= 11 is 0. The molecule has 6 N–H and O–H groups in total. The summed E-state index contributed by atoms with van der Waals surface area (Å²) in [5.74, 6) is -0.162. The highest BCUT2D eigenvalue weighted by Crippen LogP contribution is 2.22. The minimum absolute atomic E-state index is 0.141. The minimum atomic E-state index is -1.55. The van der Waals surface area contributed by atoms with E-state index in [4.69, 9.17) is 9.47 Å². The third-order valence-electron chi connectivity index (χ3n) is 7.85. The van der Waals surface area contributed by atoms with Crippen LogP contribution >= 0.6 is 0 Å². The molecule has 0 aliphatic carbocycles. The smallest absolute Gasteiger partial charge is 0.220 e. The zero-order valence-corrected chi connectivity index (χ0v) is 25.8. The van der Waals surface area contributed by atoms with Crippen molar-refractivity contribution >= 4 is 5.91 Å². The first kappa shape index (κ1) is 38.0. The van der Waals surface area contributed by atoms with Crippen LogP contribution in [0.4, 0.5) is 0 Å². The molecule has 0 radical (unpaired) electrons. The van der Waals surface area contributed by atoms with Crippen LogP contribution in [0.3, 0.4) is 0 Å². The number of nitrogens with one attached hydrogen (secondary N) is 1. The lowest BCUT2D eigenvalue weighted by atomic mass is 9.99. The van der Waals surface area contributed by atoms with Gasteiger partial charge in [-0.3, -0.25) is 4.79 Å². The number of carbonyl (C=O) groups is 1. The third kappa shape index (κ3) is 17.0. The van der Waals surface area contributed by atoms with Gasteiger partial charge in [0, 0.05) is 6.42 Å². The second-order valence-electron chi connectivity index (χ2n) is 11.6. The molecule has 0 saturated carbocycles. The topological polar surface area (TPSA) is 149 Å². The van der Waals surface area contributed by atoms with Gasteiger partial charge in [-0.2, -0.15) is 0 Å². The van der Waals surface area contributed by atoms with Gasteiger partial charge in [0.2, 0.25) is 5.91 Å². The number of aliphatic hydroxyl groups excluding tert-OH is 5. The lowest BCUT2D eigenvalue weighted by Gasteiger charge is -2.40. The van der Waals surface area contributed by atoms with Crippen LogP contribution in [0.25, 0.3) is 0 Å². The maximum atomic E-state index is 12.7. The lowest BCUT2D eigenvalue weighted by Crippen LogP contribution is -2.60. The van der Waals surface area contributed by atoms with Crippen LogP contribution in [0.2, 0.25) is 0 Å². The Balaban J connectivity index is 2.51. The number of ether oxygens (including phenoxy) is 2. The normalized spacial score (nSPS) is 24.5. The summed E-state index contributed by atoms with van der Waals surface area (Å²) in [5.41, 5.74) is 0. The van der Waals surface area contributed by atoms with Crippen LogP contribution in [0, 0.1) is 0 Å². The van der Waals surface area contributed by atoms with E-state index < -0.39 is 49.5 Å². The van der Waals surface area contributed by atoms with Gasteiger partial charge in [-0.25, -0.2) is 0 Å². The molecule has 1 amide bonds. The number of carbonyl (C=O) groups excluding carboxylic acids is 1. The predicted molar refractivity (Wildman–Crippen MR) is 161 cm³/mol. The van der Waals surface area contributed by atoms with E-state index in [0.29, 0.717) is 12.8 Å². The van der Waals surface area contributed by atoms with Crippen LogP contribution in [0.15, 0.2) is 12.2 Å². The Labute approximate surface area is 248 Å². The van der Waals surface area contributed by atoms with Gasteiger partial charge >= 0.3 is 0 Å². The van der Waals surface area contributed by atoms with Crippen molar-refractivity contribution < 1.29 is 39.8 Å². The molecular weight excluding hydrogens is 526 g/mol. The van der Waals surface area contributed by atoms with Crippen molar-refractivity contribution in [3.05, 3.63) is 12.2 Å². The Kier molecular flexibility index (Phi) is 22.6. The highest BCUT2D eigenvalue weighted by Gasteiger charge is 2.44. The molecule has 9 nitrogen and oxygen atoms in total. The molecule has 7 unspecified atom stereocenters. The van der Waals surface area contributed by atoms with Crippen molar-refractivity contribution in [2.24, 2.45) is 0 Å². The van der Waals surface area contributed by atoms with E-state index >= 15 is 0 Å². The van der Waals surface area contributed by atoms with Crippen LogP contribution in [0.5, 0.6) is 0 Å². The Bertz CT molecular complexity index is 662. The van der Waals surface area contributed by atoms with Crippen molar-refractivity contribution in [3.8, 4) is 0 Å². The minimum Gasteiger partial charge on any atom is -0.394 e. The Hall–Kier alpha value is -1.07. The zero-order valence-electron chi connectivity index (χ0n) is 25.8. The molecule has 1 rings (SSSR count). The molecular formula is C32H61NO8. The first-order valence-electron chi connectivity index (χ1n) is 16.4. The van der Waals surface area contributed by atoms with E-state index in [2.05, 4.69) is 31.3 Å². The molecule has 0 spiro atoms. The van der Waals surface area contributed by atoms with Gasteiger partial charge in [-0.05, 0) is 32.1 Å². The highest BCUT2D eigenvalue weighted by atomic mass is 16.7. The number of hydrogen-bond acceptors (Lipinski definition) is 8. The van der Waals surface area contributed by atoms with Gasteiger partial charge in [0.25, 0.3) is 0 Å². The molecule has 0 bridgehead atoms. The van der Waals surface area contributed by atoms with E-state index in [1.54, 1.807) is 0 Å². The number of hydrogen-bond donors (Lipinski definition) is 6. The summed E-state index contributed by atoms with van der Waals surface area (Å²) < 4.78 is 11.1. The van der Waals surface area contributed by atoms with E-state index in [1.165, 1.54) is 38.5 Å². The average Bonchev–Trinajstić information content (AvgIpc) is 2.97. The fourth-order valence-corrected chi connectivity index (χ4v) is 5.10. The maximum absolute atomic E-state index is 12.7. The molecule has 1 fully saturated rings. The number of allylic oxidation sites excluding steroid dienone is 2. The summed E-state index contributed by atoms with van der Waals surface area (Å²) in [5, 5.41) is 53.6. The average molecular weight is 588 g/mol. The highest BCUT2D eigenvalue weighted by molar-refractivity contribution is 5.76. The largest absolute Gasteiger partial charge is 0.394 e. The molecule has 1 saturated heterocycles. The van der Waals surface area contributed by atoms with Gasteiger partial charge in [0.05, 0.1) is 25.4 Å². The number of aliphatic hydroxyl groups is 5. The standard InChI is InChI=1S/C32H61NO8/c1-3-5-7-9-11-13-14-16-18-20-22-28(36)33-25(26(35)21-19-17-15-12-10-8-6-4-2)24-40-32-31(39)30(38)29(37)27(23-34)41-32/h7,9,25-27,29-32,34-35,37-39H,3-6,8,10-24H2,1-2H3,(H,33,36)/b9-7-. The van der Waals surface area contributed by atoms with Gasteiger partial charge in [0.1, 0.15) is 24.4 Å².